The Balaban J connectivity index is 1.29. The van der Waals surface area contributed by atoms with E-state index in [4.69, 9.17) is 14.2 Å². The second-order valence-electron chi connectivity index (χ2n) is 13.9. The standard InChI is InChI=1S/C38H40O18/c1-13(32(48)34(50)20(41)2-3-27-23(44)10-17-21(42)6-15(39)8-28(17)54-27)31-19(11-26(47)35(51)36(31)52)37-30(12-18-22(43)7-16(40)9-29(18)55-37)56-38(53)14-4-24(45)33(49)25(46)5-14/h4-9,11,13,20,23,27,30,32,34,37,39-52H,2-3,10,12H2,1H3/t13?,20?,23-,27-,30-,32?,34?,37-/m1/s1. The van der Waals surface area contributed by atoms with Gasteiger partial charge in [0.25, 0.3) is 0 Å². The number of carbonyl (C=O) groups is 1. The van der Waals surface area contributed by atoms with Gasteiger partial charge in [0.1, 0.15) is 52.8 Å². The van der Waals surface area contributed by atoms with Crippen LogP contribution in [-0.2, 0) is 17.6 Å². The van der Waals surface area contributed by atoms with E-state index < -0.39 is 106 Å². The molecule has 0 saturated heterocycles. The summed E-state index contributed by atoms with van der Waals surface area (Å²) in [6.07, 6.45) is -11.5. The number of carbonyl (C=O) groups excluding carboxylic acids is 1. The Kier molecular flexibility index (Phi) is 10.7. The summed E-state index contributed by atoms with van der Waals surface area (Å²) in [6, 6.07) is 6.95. The Hall–Kier alpha value is -6.21. The van der Waals surface area contributed by atoms with Crippen molar-refractivity contribution in [1.29, 1.82) is 0 Å². The minimum atomic E-state index is -1.96. The van der Waals surface area contributed by atoms with Crippen LogP contribution in [-0.4, -0.2) is 114 Å². The zero-order chi connectivity index (χ0) is 40.9. The molecule has 18 heteroatoms. The van der Waals surface area contributed by atoms with Crippen molar-refractivity contribution in [2.75, 3.05) is 0 Å². The normalized spacial score (nSPS) is 21.0. The summed E-state index contributed by atoms with van der Waals surface area (Å²) in [5.41, 5.74) is -0.740. The molecule has 0 aromatic heterocycles. The summed E-state index contributed by atoms with van der Waals surface area (Å²) >= 11 is 0. The quantitative estimate of drug-likeness (QED) is 0.0807. The van der Waals surface area contributed by atoms with E-state index in [1.54, 1.807) is 0 Å². The number of aliphatic hydroxyl groups is 4. The molecular formula is C38H40O18. The maximum absolute atomic E-state index is 13.4. The fourth-order valence-corrected chi connectivity index (χ4v) is 7.10. The summed E-state index contributed by atoms with van der Waals surface area (Å²) in [7, 11) is 0. The van der Waals surface area contributed by atoms with E-state index in [1.807, 2.05) is 0 Å². The van der Waals surface area contributed by atoms with Crippen molar-refractivity contribution in [3.63, 3.8) is 0 Å². The molecule has 0 aliphatic carbocycles. The number of phenols is 10. The molecule has 2 aliphatic heterocycles. The minimum Gasteiger partial charge on any atom is -0.508 e. The van der Waals surface area contributed by atoms with E-state index in [0.29, 0.717) is 0 Å². The maximum Gasteiger partial charge on any atom is 0.338 e. The lowest BCUT2D eigenvalue weighted by molar-refractivity contribution is -0.0760. The van der Waals surface area contributed by atoms with Crippen LogP contribution in [0.25, 0.3) is 0 Å². The van der Waals surface area contributed by atoms with Crippen LogP contribution in [0, 0.1) is 0 Å². The molecule has 2 heterocycles. The number of phenolic OH excluding ortho intramolecular Hbond substituents is 10. The first-order valence-corrected chi connectivity index (χ1v) is 17.2. The largest absolute Gasteiger partial charge is 0.508 e. The molecule has 300 valence electrons. The van der Waals surface area contributed by atoms with Crippen molar-refractivity contribution in [3.05, 3.63) is 70.3 Å². The highest BCUT2D eigenvalue weighted by atomic mass is 16.6. The van der Waals surface area contributed by atoms with Gasteiger partial charge >= 0.3 is 5.97 Å². The fourth-order valence-electron chi connectivity index (χ4n) is 7.10. The Morgan fingerprint density at radius 1 is 0.696 bits per heavy atom. The van der Waals surface area contributed by atoms with Crippen LogP contribution in [0.3, 0.4) is 0 Å². The predicted molar refractivity (Wildman–Crippen MR) is 188 cm³/mol. The SMILES string of the molecule is CC(c1c([C@H]2Oc3cc(O)cc(O)c3C[C@H]2OC(=O)c2cc(O)c(O)c(O)c2)cc(O)c(O)c1O)C(O)C(O)C(O)CC[C@H]1Oc2cc(O)cc(O)c2C[C@H]1O. The van der Waals surface area contributed by atoms with Crippen molar-refractivity contribution in [2.24, 2.45) is 0 Å². The highest BCUT2D eigenvalue weighted by Gasteiger charge is 2.42. The van der Waals surface area contributed by atoms with Crippen LogP contribution in [0.1, 0.15) is 64.4 Å². The number of rotatable bonds is 10. The van der Waals surface area contributed by atoms with E-state index in [0.717, 1.165) is 36.4 Å². The molecule has 4 unspecified atom stereocenters. The predicted octanol–water partition coefficient (Wildman–Crippen LogP) is 1.98. The number of fused-ring (bicyclic) bond motifs is 2. The molecule has 0 radical (unpaired) electrons. The van der Waals surface area contributed by atoms with E-state index in [9.17, 15) is 76.3 Å². The number of aromatic hydroxyl groups is 10. The molecule has 0 fully saturated rings. The third-order valence-electron chi connectivity index (χ3n) is 10.1. The lowest BCUT2D eigenvalue weighted by Gasteiger charge is -2.37. The molecule has 14 N–H and O–H groups in total. The van der Waals surface area contributed by atoms with Crippen molar-refractivity contribution in [3.8, 4) is 69.0 Å². The van der Waals surface area contributed by atoms with Crippen molar-refractivity contribution in [1.82, 2.24) is 0 Å². The summed E-state index contributed by atoms with van der Waals surface area (Å²) in [5, 5.41) is 147. The van der Waals surface area contributed by atoms with Crippen LogP contribution >= 0.6 is 0 Å². The Bertz CT molecular complexity index is 2130. The van der Waals surface area contributed by atoms with Crippen LogP contribution in [0.5, 0.6) is 69.0 Å². The molecule has 4 aromatic carbocycles. The van der Waals surface area contributed by atoms with E-state index in [2.05, 4.69) is 0 Å². The molecule has 0 saturated carbocycles. The molecule has 8 atom stereocenters. The van der Waals surface area contributed by atoms with Gasteiger partial charge in [-0.25, -0.2) is 4.79 Å². The first kappa shape index (κ1) is 39.5. The average molecular weight is 785 g/mol. The first-order valence-electron chi connectivity index (χ1n) is 17.2. The van der Waals surface area contributed by atoms with E-state index in [-0.39, 0.29) is 70.9 Å². The summed E-state index contributed by atoms with van der Waals surface area (Å²) < 4.78 is 17.5. The highest BCUT2D eigenvalue weighted by Crippen LogP contribution is 2.51. The van der Waals surface area contributed by atoms with E-state index >= 15 is 0 Å². The third kappa shape index (κ3) is 7.41. The monoisotopic (exact) mass is 784 g/mol. The van der Waals surface area contributed by atoms with Gasteiger partial charge in [0, 0.05) is 65.3 Å². The Morgan fingerprint density at radius 2 is 1.25 bits per heavy atom. The van der Waals surface area contributed by atoms with Crippen molar-refractivity contribution >= 4 is 5.97 Å². The molecule has 0 amide bonds. The van der Waals surface area contributed by atoms with Gasteiger partial charge in [0.2, 0.25) is 5.75 Å². The minimum absolute atomic E-state index is 0.0396. The van der Waals surface area contributed by atoms with Crippen LogP contribution in [0.4, 0.5) is 0 Å². The number of benzene rings is 4. The lowest BCUT2D eigenvalue weighted by atomic mass is 9.82. The Labute approximate surface area is 316 Å². The van der Waals surface area contributed by atoms with Crippen molar-refractivity contribution < 1.29 is 90.5 Å². The number of hydrogen-bond donors (Lipinski definition) is 14. The number of ether oxygens (including phenoxy) is 3. The molecule has 56 heavy (non-hydrogen) atoms. The molecular weight excluding hydrogens is 744 g/mol. The average Bonchev–Trinajstić information content (AvgIpc) is 3.14. The second-order valence-corrected chi connectivity index (χ2v) is 13.9. The van der Waals surface area contributed by atoms with Gasteiger partial charge in [-0.2, -0.15) is 0 Å². The number of hydrogen-bond acceptors (Lipinski definition) is 18. The molecule has 6 rings (SSSR count). The van der Waals surface area contributed by atoms with E-state index in [1.165, 1.54) is 13.0 Å². The molecule has 0 bridgehead atoms. The van der Waals surface area contributed by atoms with Gasteiger partial charge in [-0.15, -0.1) is 0 Å². The summed E-state index contributed by atoms with van der Waals surface area (Å²) in [4.78, 5) is 13.4. The van der Waals surface area contributed by atoms with Gasteiger partial charge in [0.05, 0.1) is 23.9 Å². The van der Waals surface area contributed by atoms with Gasteiger partial charge in [-0.3, -0.25) is 0 Å². The maximum atomic E-state index is 13.4. The van der Waals surface area contributed by atoms with Crippen LogP contribution in [0.15, 0.2) is 42.5 Å². The summed E-state index contributed by atoms with van der Waals surface area (Å²) in [5.74, 6) is -9.69. The third-order valence-corrected chi connectivity index (χ3v) is 10.1. The van der Waals surface area contributed by atoms with Gasteiger partial charge < -0.3 is 85.7 Å². The zero-order valence-corrected chi connectivity index (χ0v) is 29.4. The second kappa shape index (κ2) is 15.1. The van der Waals surface area contributed by atoms with Crippen LogP contribution < -0.4 is 9.47 Å². The fraction of sp³-hybridized carbons (Fsp3) is 0.342. The number of esters is 1. The first-order chi connectivity index (χ1) is 26.4. The number of aliphatic hydroxyl groups excluding tert-OH is 4. The van der Waals surface area contributed by atoms with Gasteiger partial charge in [-0.05, 0) is 31.0 Å². The van der Waals surface area contributed by atoms with Crippen molar-refractivity contribution in [2.45, 2.75) is 81.3 Å². The summed E-state index contributed by atoms with van der Waals surface area (Å²) in [6.45, 7) is 1.29. The molecule has 4 aromatic rings. The zero-order valence-electron chi connectivity index (χ0n) is 29.4. The van der Waals surface area contributed by atoms with Gasteiger partial charge in [0.15, 0.2) is 34.9 Å². The van der Waals surface area contributed by atoms with Gasteiger partial charge in [-0.1, -0.05) is 6.92 Å². The smallest absolute Gasteiger partial charge is 0.338 e. The van der Waals surface area contributed by atoms with Crippen LogP contribution in [0.2, 0.25) is 0 Å². The topological polar surface area (TPSA) is 328 Å². The Morgan fingerprint density at radius 3 is 1.86 bits per heavy atom. The highest BCUT2D eigenvalue weighted by molar-refractivity contribution is 5.91. The molecule has 2 aliphatic rings. The molecule has 18 nitrogen and oxygen atoms in total. The lowest BCUT2D eigenvalue weighted by Crippen LogP contribution is -2.43. The molecule has 0 spiro atoms.